The second-order valence-electron chi connectivity index (χ2n) is 4.03. The van der Waals surface area contributed by atoms with E-state index in [4.69, 9.17) is 27.9 Å². The summed E-state index contributed by atoms with van der Waals surface area (Å²) in [5, 5.41) is 4.49. The van der Waals surface area contributed by atoms with Crippen molar-refractivity contribution in [3.8, 4) is 0 Å². The normalized spacial score (nSPS) is 19.8. The molecule has 5 heteroatoms. The number of benzene rings is 1. The van der Waals surface area contributed by atoms with E-state index in [-0.39, 0.29) is 12.4 Å². The Kier molecular flexibility index (Phi) is 6.60. The number of ether oxygens (including phenoxy) is 1. The Morgan fingerprint density at radius 2 is 2.12 bits per heavy atom. The van der Waals surface area contributed by atoms with Gasteiger partial charge in [0.25, 0.3) is 0 Å². The molecule has 0 aromatic heterocycles. The highest BCUT2D eigenvalue weighted by Crippen LogP contribution is 2.23. The summed E-state index contributed by atoms with van der Waals surface area (Å²) in [5.41, 5.74) is 1.07. The van der Waals surface area contributed by atoms with Gasteiger partial charge in [0.15, 0.2) is 0 Å². The Morgan fingerprint density at radius 3 is 2.76 bits per heavy atom. The SMILES string of the molecule is Cl.Clc1ccc(COC2CCCNC2)cc1Cl. The van der Waals surface area contributed by atoms with Crippen LogP contribution >= 0.6 is 35.6 Å². The third-order valence-electron chi connectivity index (χ3n) is 2.72. The van der Waals surface area contributed by atoms with Crippen LogP contribution in [0.1, 0.15) is 18.4 Å². The van der Waals surface area contributed by atoms with Gasteiger partial charge in [0.2, 0.25) is 0 Å². The van der Waals surface area contributed by atoms with Crippen molar-refractivity contribution in [2.24, 2.45) is 0 Å². The Balaban J connectivity index is 0.00000144. The molecule has 1 heterocycles. The van der Waals surface area contributed by atoms with Crippen LogP contribution in [0.15, 0.2) is 18.2 Å². The lowest BCUT2D eigenvalue weighted by molar-refractivity contribution is 0.0253. The molecule has 1 aromatic carbocycles. The molecule has 0 bridgehead atoms. The largest absolute Gasteiger partial charge is 0.372 e. The molecule has 2 rings (SSSR count). The molecule has 17 heavy (non-hydrogen) atoms. The molecule has 1 aromatic rings. The Morgan fingerprint density at radius 1 is 1.29 bits per heavy atom. The lowest BCUT2D eigenvalue weighted by Gasteiger charge is -2.23. The fraction of sp³-hybridized carbons (Fsp3) is 0.500. The minimum absolute atomic E-state index is 0. The molecule has 1 atom stereocenters. The number of piperidine rings is 1. The van der Waals surface area contributed by atoms with E-state index in [1.54, 1.807) is 0 Å². The van der Waals surface area contributed by atoms with Gasteiger partial charge in [-0.3, -0.25) is 0 Å². The fourth-order valence-electron chi connectivity index (χ4n) is 1.81. The van der Waals surface area contributed by atoms with Crippen LogP contribution in [0.5, 0.6) is 0 Å². The number of halogens is 3. The highest BCUT2D eigenvalue weighted by molar-refractivity contribution is 6.42. The van der Waals surface area contributed by atoms with Crippen molar-refractivity contribution in [2.75, 3.05) is 13.1 Å². The predicted molar refractivity (Wildman–Crippen MR) is 74.4 cm³/mol. The second-order valence-corrected chi connectivity index (χ2v) is 4.84. The number of rotatable bonds is 3. The molecule has 2 nitrogen and oxygen atoms in total. The van der Waals surface area contributed by atoms with Crippen molar-refractivity contribution in [1.82, 2.24) is 5.32 Å². The van der Waals surface area contributed by atoms with Gasteiger partial charge in [-0.05, 0) is 37.1 Å². The van der Waals surface area contributed by atoms with Gasteiger partial charge in [-0.25, -0.2) is 0 Å². The summed E-state index contributed by atoms with van der Waals surface area (Å²) in [6, 6.07) is 5.62. The van der Waals surface area contributed by atoms with Crippen molar-refractivity contribution in [2.45, 2.75) is 25.6 Å². The van der Waals surface area contributed by atoms with Crippen LogP contribution in [-0.2, 0) is 11.3 Å². The van der Waals surface area contributed by atoms with Crippen LogP contribution < -0.4 is 5.32 Å². The fourth-order valence-corrected chi connectivity index (χ4v) is 2.13. The minimum Gasteiger partial charge on any atom is -0.372 e. The first kappa shape index (κ1) is 15.1. The van der Waals surface area contributed by atoms with Gasteiger partial charge in [0.05, 0.1) is 22.8 Å². The van der Waals surface area contributed by atoms with E-state index in [1.165, 1.54) is 6.42 Å². The maximum Gasteiger partial charge on any atom is 0.0721 e. The summed E-state index contributed by atoms with van der Waals surface area (Å²) in [6.07, 6.45) is 2.64. The first-order valence-electron chi connectivity index (χ1n) is 5.52. The smallest absolute Gasteiger partial charge is 0.0721 e. The van der Waals surface area contributed by atoms with E-state index < -0.39 is 0 Å². The third-order valence-corrected chi connectivity index (χ3v) is 3.46. The first-order valence-corrected chi connectivity index (χ1v) is 6.27. The van der Waals surface area contributed by atoms with Crippen LogP contribution in [-0.4, -0.2) is 19.2 Å². The standard InChI is InChI=1S/C12H15Cl2NO.ClH/c13-11-4-3-9(6-12(11)14)8-16-10-2-1-5-15-7-10;/h3-4,6,10,15H,1-2,5,7-8H2;1H. The van der Waals surface area contributed by atoms with E-state index in [9.17, 15) is 0 Å². The number of hydrogen-bond donors (Lipinski definition) is 1. The van der Waals surface area contributed by atoms with Crippen molar-refractivity contribution in [3.63, 3.8) is 0 Å². The Hall–Kier alpha value is 0.01000. The second kappa shape index (κ2) is 7.45. The van der Waals surface area contributed by atoms with Gasteiger partial charge >= 0.3 is 0 Å². The highest BCUT2D eigenvalue weighted by atomic mass is 35.5. The summed E-state index contributed by atoms with van der Waals surface area (Å²) in [7, 11) is 0. The summed E-state index contributed by atoms with van der Waals surface area (Å²) < 4.78 is 5.80. The van der Waals surface area contributed by atoms with E-state index in [0.717, 1.165) is 25.1 Å². The van der Waals surface area contributed by atoms with Crippen molar-refractivity contribution >= 4 is 35.6 Å². The van der Waals surface area contributed by atoms with Crippen molar-refractivity contribution in [1.29, 1.82) is 0 Å². The van der Waals surface area contributed by atoms with Gasteiger partial charge in [0, 0.05) is 6.54 Å². The lowest BCUT2D eigenvalue weighted by atomic mass is 10.1. The van der Waals surface area contributed by atoms with Gasteiger partial charge < -0.3 is 10.1 Å². The lowest BCUT2D eigenvalue weighted by Crippen LogP contribution is -2.35. The molecule has 0 saturated carbocycles. The molecule has 1 fully saturated rings. The van der Waals surface area contributed by atoms with Crippen molar-refractivity contribution < 1.29 is 4.74 Å². The Labute approximate surface area is 118 Å². The van der Waals surface area contributed by atoms with Crippen LogP contribution in [0.2, 0.25) is 10.0 Å². The molecular formula is C12H16Cl3NO. The summed E-state index contributed by atoms with van der Waals surface area (Å²) in [5.74, 6) is 0. The quantitative estimate of drug-likeness (QED) is 0.918. The van der Waals surface area contributed by atoms with E-state index in [0.29, 0.717) is 22.8 Å². The van der Waals surface area contributed by atoms with E-state index in [1.807, 2.05) is 18.2 Å². The summed E-state index contributed by atoms with van der Waals surface area (Å²) in [4.78, 5) is 0. The summed E-state index contributed by atoms with van der Waals surface area (Å²) in [6.45, 7) is 2.65. The highest BCUT2D eigenvalue weighted by Gasteiger charge is 2.13. The van der Waals surface area contributed by atoms with Crippen molar-refractivity contribution in [3.05, 3.63) is 33.8 Å². The van der Waals surface area contributed by atoms with E-state index in [2.05, 4.69) is 5.32 Å². The molecule has 1 saturated heterocycles. The van der Waals surface area contributed by atoms with E-state index >= 15 is 0 Å². The Bertz CT molecular complexity index is 354. The first-order chi connectivity index (χ1) is 7.75. The van der Waals surface area contributed by atoms with Crippen LogP contribution in [0.25, 0.3) is 0 Å². The molecule has 0 aliphatic carbocycles. The maximum atomic E-state index is 5.94. The molecule has 0 amide bonds. The predicted octanol–water partition coefficient (Wildman–Crippen LogP) is 3.68. The summed E-state index contributed by atoms with van der Waals surface area (Å²) >= 11 is 11.8. The van der Waals surface area contributed by atoms with Gasteiger partial charge in [-0.2, -0.15) is 0 Å². The van der Waals surface area contributed by atoms with Gasteiger partial charge in [-0.15, -0.1) is 12.4 Å². The van der Waals surface area contributed by atoms with Crippen LogP contribution in [0, 0.1) is 0 Å². The molecule has 1 aliphatic rings. The zero-order valence-electron chi connectivity index (χ0n) is 9.42. The zero-order valence-corrected chi connectivity index (χ0v) is 11.7. The van der Waals surface area contributed by atoms with Gasteiger partial charge in [-0.1, -0.05) is 29.3 Å². The zero-order chi connectivity index (χ0) is 11.4. The molecule has 0 spiro atoms. The molecule has 1 aliphatic heterocycles. The third kappa shape index (κ3) is 4.65. The molecule has 1 N–H and O–H groups in total. The van der Waals surface area contributed by atoms with Crippen LogP contribution in [0.4, 0.5) is 0 Å². The molecule has 1 unspecified atom stereocenters. The minimum atomic E-state index is 0. The topological polar surface area (TPSA) is 21.3 Å². The monoisotopic (exact) mass is 295 g/mol. The number of hydrogen-bond acceptors (Lipinski definition) is 2. The maximum absolute atomic E-state index is 5.94. The van der Waals surface area contributed by atoms with Crippen LogP contribution in [0.3, 0.4) is 0 Å². The molecule has 96 valence electrons. The average Bonchev–Trinajstić information content (AvgIpc) is 2.32. The number of nitrogens with one attached hydrogen (secondary N) is 1. The average molecular weight is 297 g/mol. The molecular weight excluding hydrogens is 280 g/mol. The molecule has 0 radical (unpaired) electrons. The van der Waals surface area contributed by atoms with Gasteiger partial charge in [0.1, 0.15) is 0 Å².